The largest absolute Gasteiger partial charge is 0.392 e. The summed E-state index contributed by atoms with van der Waals surface area (Å²) in [6.07, 6.45) is 2.62. The first-order valence-corrected chi connectivity index (χ1v) is 6.55. The molecule has 0 aromatic carbocycles. The zero-order valence-corrected chi connectivity index (χ0v) is 11.3. The van der Waals surface area contributed by atoms with Crippen LogP contribution >= 0.6 is 0 Å². The fourth-order valence-electron chi connectivity index (χ4n) is 2.20. The molecule has 0 aromatic rings. The maximum absolute atomic E-state index is 11.7. The molecule has 1 unspecified atom stereocenters. The topological polar surface area (TPSA) is 52.6 Å². The highest BCUT2D eigenvalue weighted by Crippen LogP contribution is 2.20. The molecule has 0 saturated carbocycles. The molecule has 1 aliphatic heterocycles. The highest BCUT2D eigenvalue weighted by atomic mass is 16.3. The van der Waals surface area contributed by atoms with Crippen LogP contribution < -0.4 is 5.32 Å². The molecule has 1 heterocycles. The number of nitrogens with one attached hydrogen (secondary N) is 1. The van der Waals surface area contributed by atoms with E-state index in [1.54, 1.807) is 0 Å². The van der Waals surface area contributed by atoms with Gasteiger partial charge in [-0.15, -0.1) is 0 Å². The normalized spacial score (nSPS) is 18.5. The Morgan fingerprint density at radius 1 is 1.35 bits per heavy atom. The van der Waals surface area contributed by atoms with E-state index in [0.717, 1.165) is 32.4 Å². The number of nitrogens with zero attached hydrogens (tertiary/aromatic N) is 1. The number of carbonyl (C=O) groups excluding carboxylic acids is 1. The highest BCUT2D eigenvalue weighted by Gasteiger charge is 2.19. The lowest BCUT2D eigenvalue weighted by Gasteiger charge is -2.23. The number of likely N-dealkylation sites (tertiary alicyclic amines) is 1. The number of hydrogen-bond acceptors (Lipinski definition) is 3. The Balaban J connectivity index is 2.12. The van der Waals surface area contributed by atoms with Crippen molar-refractivity contribution in [2.24, 2.45) is 5.41 Å². The highest BCUT2D eigenvalue weighted by molar-refractivity contribution is 5.78. The van der Waals surface area contributed by atoms with Crippen LogP contribution in [0.15, 0.2) is 0 Å². The molecular weight excluding hydrogens is 216 g/mol. The van der Waals surface area contributed by atoms with Crippen molar-refractivity contribution in [2.75, 3.05) is 26.2 Å². The molecule has 4 nitrogen and oxygen atoms in total. The summed E-state index contributed by atoms with van der Waals surface area (Å²) in [5, 5.41) is 12.8. The summed E-state index contributed by atoms with van der Waals surface area (Å²) in [7, 11) is 0. The van der Waals surface area contributed by atoms with Gasteiger partial charge in [-0.05, 0) is 24.7 Å². The Kier molecular flexibility index (Phi) is 5.40. The number of carbonyl (C=O) groups is 1. The molecule has 0 aliphatic carbocycles. The van der Waals surface area contributed by atoms with E-state index in [9.17, 15) is 9.90 Å². The summed E-state index contributed by atoms with van der Waals surface area (Å²) in [4.78, 5) is 13.6. The minimum Gasteiger partial charge on any atom is -0.392 e. The summed E-state index contributed by atoms with van der Waals surface area (Å²) in [6.45, 7) is 8.94. The molecule has 1 fully saturated rings. The van der Waals surface area contributed by atoms with Gasteiger partial charge in [0.15, 0.2) is 0 Å². The van der Waals surface area contributed by atoms with Crippen LogP contribution in [-0.4, -0.2) is 48.2 Å². The number of aliphatic hydroxyl groups excluding tert-OH is 1. The predicted octanol–water partition coefficient (Wildman–Crippen LogP) is 0.995. The van der Waals surface area contributed by atoms with E-state index >= 15 is 0 Å². The van der Waals surface area contributed by atoms with Gasteiger partial charge >= 0.3 is 0 Å². The Hall–Kier alpha value is -0.610. The van der Waals surface area contributed by atoms with E-state index in [1.807, 2.05) is 4.90 Å². The third-order valence-electron chi connectivity index (χ3n) is 2.96. The first-order chi connectivity index (χ1) is 7.88. The molecule has 0 radical (unpaired) electrons. The van der Waals surface area contributed by atoms with Gasteiger partial charge in [0, 0.05) is 19.6 Å². The molecule has 17 heavy (non-hydrogen) atoms. The molecule has 1 aliphatic rings. The van der Waals surface area contributed by atoms with E-state index in [0.29, 0.717) is 13.1 Å². The third kappa shape index (κ3) is 6.03. The van der Waals surface area contributed by atoms with Gasteiger partial charge in [-0.25, -0.2) is 0 Å². The minimum atomic E-state index is -0.374. The van der Waals surface area contributed by atoms with Crippen LogP contribution in [0.5, 0.6) is 0 Å². The van der Waals surface area contributed by atoms with Gasteiger partial charge in [0.25, 0.3) is 0 Å². The molecular formula is C13H26N2O2. The summed E-state index contributed by atoms with van der Waals surface area (Å²) in [5.41, 5.74) is 0.125. The van der Waals surface area contributed by atoms with Gasteiger partial charge in [-0.2, -0.15) is 0 Å². The van der Waals surface area contributed by atoms with Crippen molar-refractivity contribution in [2.45, 2.75) is 46.1 Å². The zero-order chi connectivity index (χ0) is 12.9. The zero-order valence-electron chi connectivity index (χ0n) is 11.3. The lowest BCUT2D eigenvalue weighted by molar-refractivity contribution is -0.129. The second-order valence-corrected chi connectivity index (χ2v) is 6.14. The first kappa shape index (κ1) is 14.5. The number of hydrogen-bond donors (Lipinski definition) is 2. The Labute approximate surface area is 104 Å². The van der Waals surface area contributed by atoms with Gasteiger partial charge in [0.2, 0.25) is 5.91 Å². The van der Waals surface area contributed by atoms with E-state index in [2.05, 4.69) is 26.1 Å². The summed E-state index contributed by atoms with van der Waals surface area (Å²) in [6, 6.07) is 0. The van der Waals surface area contributed by atoms with Gasteiger partial charge < -0.3 is 15.3 Å². The third-order valence-corrected chi connectivity index (χ3v) is 2.96. The van der Waals surface area contributed by atoms with Gasteiger partial charge in [-0.1, -0.05) is 20.8 Å². The maximum atomic E-state index is 11.7. The van der Waals surface area contributed by atoms with Crippen LogP contribution in [0.1, 0.15) is 40.0 Å². The molecule has 0 spiro atoms. The fourth-order valence-corrected chi connectivity index (χ4v) is 2.20. The molecule has 4 heteroatoms. The average Bonchev–Trinajstić information content (AvgIpc) is 2.66. The molecule has 0 aromatic heterocycles. The Morgan fingerprint density at radius 2 is 1.94 bits per heavy atom. The monoisotopic (exact) mass is 242 g/mol. The van der Waals surface area contributed by atoms with Crippen LogP contribution in [0.25, 0.3) is 0 Å². The fraction of sp³-hybridized carbons (Fsp3) is 0.923. The minimum absolute atomic E-state index is 0.125. The number of amides is 1. The lowest BCUT2D eigenvalue weighted by Crippen LogP contribution is -2.39. The van der Waals surface area contributed by atoms with E-state index in [1.165, 1.54) is 0 Å². The Morgan fingerprint density at radius 3 is 2.47 bits per heavy atom. The van der Waals surface area contributed by atoms with Crippen LogP contribution in [0, 0.1) is 5.41 Å². The van der Waals surface area contributed by atoms with Crippen LogP contribution in [0.2, 0.25) is 0 Å². The smallest absolute Gasteiger partial charge is 0.236 e. The van der Waals surface area contributed by atoms with E-state index in [4.69, 9.17) is 0 Å². The van der Waals surface area contributed by atoms with Gasteiger partial charge in [0.05, 0.1) is 12.6 Å². The standard InChI is InChI=1S/C13H26N2O2/c1-13(2,3)8-11(16)9-14-10-12(17)15-6-4-5-7-15/h11,14,16H,4-10H2,1-3H3. The summed E-state index contributed by atoms with van der Waals surface area (Å²) >= 11 is 0. The maximum Gasteiger partial charge on any atom is 0.236 e. The molecule has 1 atom stereocenters. The first-order valence-electron chi connectivity index (χ1n) is 6.55. The molecule has 100 valence electrons. The van der Waals surface area contributed by atoms with Crippen LogP contribution in [-0.2, 0) is 4.79 Å². The summed E-state index contributed by atoms with van der Waals surface area (Å²) in [5.74, 6) is 0.158. The van der Waals surface area contributed by atoms with Crippen molar-refractivity contribution < 1.29 is 9.90 Å². The van der Waals surface area contributed by atoms with Crippen molar-refractivity contribution >= 4 is 5.91 Å². The van der Waals surface area contributed by atoms with Crippen molar-refractivity contribution in [3.63, 3.8) is 0 Å². The van der Waals surface area contributed by atoms with Crippen molar-refractivity contribution in [1.29, 1.82) is 0 Å². The predicted molar refractivity (Wildman–Crippen MR) is 68.8 cm³/mol. The van der Waals surface area contributed by atoms with Gasteiger partial charge in [0.1, 0.15) is 0 Å². The quantitative estimate of drug-likeness (QED) is 0.756. The molecule has 1 rings (SSSR count). The van der Waals surface area contributed by atoms with Crippen molar-refractivity contribution in [3.8, 4) is 0 Å². The molecule has 0 bridgehead atoms. The van der Waals surface area contributed by atoms with E-state index in [-0.39, 0.29) is 17.4 Å². The molecule has 2 N–H and O–H groups in total. The number of rotatable bonds is 5. The van der Waals surface area contributed by atoms with Crippen molar-refractivity contribution in [3.05, 3.63) is 0 Å². The molecule has 1 amide bonds. The second kappa shape index (κ2) is 6.36. The van der Waals surface area contributed by atoms with Crippen LogP contribution in [0.3, 0.4) is 0 Å². The van der Waals surface area contributed by atoms with Gasteiger partial charge in [-0.3, -0.25) is 4.79 Å². The Bertz CT molecular complexity index is 242. The average molecular weight is 242 g/mol. The lowest BCUT2D eigenvalue weighted by atomic mass is 9.89. The second-order valence-electron chi connectivity index (χ2n) is 6.14. The number of aliphatic hydroxyl groups is 1. The summed E-state index contributed by atoms with van der Waals surface area (Å²) < 4.78 is 0. The molecule has 1 saturated heterocycles. The van der Waals surface area contributed by atoms with Crippen LogP contribution in [0.4, 0.5) is 0 Å². The van der Waals surface area contributed by atoms with Crippen molar-refractivity contribution in [1.82, 2.24) is 10.2 Å². The van der Waals surface area contributed by atoms with E-state index < -0.39 is 0 Å². The SMILES string of the molecule is CC(C)(C)CC(O)CNCC(=O)N1CCCC1.